The summed E-state index contributed by atoms with van der Waals surface area (Å²) in [4.78, 5) is 10.9. The van der Waals surface area contributed by atoms with Crippen LogP contribution in [0.1, 0.15) is 10.4 Å². The van der Waals surface area contributed by atoms with Gasteiger partial charge in [0.25, 0.3) is 0 Å². The molecule has 0 aromatic heterocycles. The summed E-state index contributed by atoms with van der Waals surface area (Å²) < 4.78 is 24.5. The lowest BCUT2D eigenvalue weighted by Gasteiger charge is -2.10. The lowest BCUT2D eigenvalue weighted by Crippen LogP contribution is -2.10. The van der Waals surface area contributed by atoms with Crippen LogP contribution in [-0.4, -0.2) is 19.5 Å². The summed E-state index contributed by atoms with van der Waals surface area (Å²) in [6, 6.07) is 11.1. The highest BCUT2D eigenvalue weighted by molar-refractivity contribution is 9.10. The zero-order chi connectivity index (χ0) is 14.4. The zero-order valence-corrected chi connectivity index (χ0v) is 12.1. The first-order chi connectivity index (χ1) is 9.69. The van der Waals surface area contributed by atoms with Crippen molar-refractivity contribution < 1.29 is 18.7 Å². The number of aldehydes is 1. The molecule has 0 unspecified atom stereocenters. The molecule has 0 saturated carbocycles. The molecule has 0 spiro atoms. The van der Waals surface area contributed by atoms with Gasteiger partial charge in [0.15, 0.2) is 6.29 Å². The van der Waals surface area contributed by atoms with E-state index in [1.807, 2.05) is 0 Å². The van der Waals surface area contributed by atoms with Crippen LogP contribution in [0.5, 0.6) is 11.5 Å². The van der Waals surface area contributed by atoms with Crippen molar-refractivity contribution in [3.8, 4) is 11.5 Å². The van der Waals surface area contributed by atoms with Crippen LogP contribution in [0.3, 0.4) is 0 Å². The number of rotatable bonds is 6. The fourth-order valence-electron chi connectivity index (χ4n) is 1.61. The maximum atomic E-state index is 12.9. The summed E-state index contributed by atoms with van der Waals surface area (Å²) in [6.07, 6.45) is 0.730. The van der Waals surface area contributed by atoms with E-state index in [-0.39, 0.29) is 19.0 Å². The average Bonchev–Trinajstić information content (AvgIpc) is 2.45. The molecule has 0 bridgehead atoms. The van der Waals surface area contributed by atoms with E-state index in [0.717, 1.165) is 10.8 Å². The summed E-state index contributed by atoms with van der Waals surface area (Å²) >= 11 is 3.28. The second-order valence-corrected chi connectivity index (χ2v) is 4.87. The summed E-state index contributed by atoms with van der Waals surface area (Å²) in [7, 11) is 0. The summed E-state index contributed by atoms with van der Waals surface area (Å²) in [5.41, 5.74) is 0.463. The molecule has 0 amide bonds. The van der Waals surface area contributed by atoms with Gasteiger partial charge in [-0.25, -0.2) is 4.39 Å². The fraction of sp³-hybridized carbons (Fsp3) is 0.133. The third-order valence-electron chi connectivity index (χ3n) is 2.50. The minimum atomic E-state index is -0.348. The quantitative estimate of drug-likeness (QED) is 0.592. The van der Waals surface area contributed by atoms with Crippen molar-refractivity contribution in [1.29, 1.82) is 0 Å². The SMILES string of the molecule is O=Cc1cc(Br)ccc1OCCOc1cccc(F)c1. The van der Waals surface area contributed by atoms with Gasteiger partial charge in [0.05, 0.1) is 5.56 Å². The van der Waals surface area contributed by atoms with Gasteiger partial charge in [0, 0.05) is 10.5 Å². The van der Waals surface area contributed by atoms with Crippen LogP contribution in [0.4, 0.5) is 4.39 Å². The standard InChI is InChI=1S/C15H12BrFO3/c16-12-4-5-15(11(8-12)10-18)20-7-6-19-14-3-1-2-13(17)9-14/h1-5,8-10H,6-7H2. The maximum Gasteiger partial charge on any atom is 0.153 e. The van der Waals surface area contributed by atoms with Gasteiger partial charge >= 0.3 is 0 Å². The van der Waals surface area contributed by atoms with Crippen molar-refractivity contribution in [2.24, 2.45) is 0 Å². The number of hydrogen-bond donors (Lipinski definition) is 0. The van der Waals surface area contributed by atoms with Gasteiger partial charge in [0.1, 0.15) is 30.5 Å². The van der Waals surface area contributed by atoms with E-state index in [4.69, 9.17) is 9.47 Å². The molecule has 0 aliphatic rings. The van der Waals surface area contributed by atoms with Gasteiger partial charge in [-0.3, -0.25) is 4.79 Å². The van der Waals surface area contributed by atoms with Crippen LogP contribution in [0, 0.1) is 5.82 Å². The van der Waals surface area contributed by atoms with Crippen LogP contribution >= 0.6 is 15.9 Å². The minimum absolute atomic E-state index is 0.262. The monoisotopic (exact) mass is 338 g/mol. The molecule has 0 heterocycles. The third kappa shape index (κ3) is 4.06. The number of ether oxygens (including phenoxy) is 2. The Hall–Kier alpha value is -1.88. The van der Waals surface area contributed by atoms with E-state index >= 15 is 0 Å². The van der Waals surface area contributed by atoms with Crippen LogP contribution in [0.25, 0.3) is 0 Å². The predicted octanol–water partition coefficient (Wildman–Crippen LogP) is 3.86. The minimum Gasteiger partial charge on any atom is -0.490 e. The van der Waals surface area contributed by atoms with Crippen molar-refractivity contribution in [2.75, 3.05) is 13.2 Å². The molecule has 3 nitrogen and oxygen atoms in total. The molecule has 0 saturated heterocycles. The van der Waals surface area contributed by atoms with Gasteiger partial charge in [0.2, 0.25) is 0 Å². The molecule has 0 aliphatic heterocycles. The molecule has 2 rings (SSSR count). The zero-order valence-electron chi connectivity index (χ0n) is 10.5. The molecule has 0 N–H and O–H groups in total. The van der Waals surface area contributed by atoms with E-state index in [2.05, 4.69) is 15.9 Å². The maximum absolute atomic E-state index is 12.9. The normalized spacial score (nSPS) is 10.1. The highest BCUT2D eigenvalue weighted by atomic mass is 79.9. The summed E-state index contributed by atoms with van der Waals surface area (Å²) in [5, 5.41) is 0. The Balaban J connectivity index is 1.86. The second kappa shape index (κ2) is 7.05. The van der Waals surface area contributed by atoms with Gasteiger partial charge in [-0.05, 0) is 30.3 Å². The topological polar surface area (TPSA) is 35.5 Å². The van der Waals surface area contributed by atoms with Gasteiger partial charge in [-0.2, -0.15) is 0 Å². The molecular weight excluding hydrogens is 327 g/mol. The molecule has 5 heteroatoms. The Morgan fingerprint density at radius 2 is 1.90 bits per heavy atom. The molecule has 0 radical (unpaired) electrons. The Labute approximate surface area is 124 Å². The lowest BCUT2D eigenvalue weighted by atomic mass is 10.2. The third-order valence-corrected chi connectivity index (χ3v) is 3.00. The van der Waals surface area contributed by atoms with Gasteiger partial charge in [-0.15, -0.1) is 0 Å². The molecule has 2 aromatic carbocycles. The van der Waals surface area contributed by atoms with Crippen LogP contribution in [-0.2, 0) is 0 Å². The van der Waals surface area contributed by atoms with Crippen LogP contribution in [0.15, 0.2) is 46.9 Å². The van der Waals surface area contributed by atoms with Crippen molar-refractivity contribution in [1.82, 2.24) is 0 Å². The van der Waals surface area contributed by atoms with Crippen molar-refractivity contribution in [3.05, 3.63) is 58.3 Å². The molecular formula is C15H12BrFO3. The first-order valence-electron chi connectivity index (χ1n) is 5.95. The molecule has 0 atom stereocenters. The Bertz CT molecular complexity index is 601. The molecule has 104 valence electrons. The number of carbonyl (C=O) groups is 1. The number of hydrogen-bond acceptors (Lipinski definition) is 3. The molecule has 0 aliphatic carbocycles. The van der Waals surface area contributed by atoms with E-state index in [9.17, 15) is 9.18 Å². The lowest BCUT2D eigenvalue weighted by molar-refractivity contribution is 0.111. The number of benzene rings is 2. The van der Waals surface area contributed by atoms with E-state index in [1.165, 1.54) is 12.1 Å². The van der Waals surface area contributed by atoms with Gasteiger partial charge in [-0.1, -0.05) is 22.0 Å². The van der Waals surface area contributed by atoms with Gasteiger partial charge < -0.3 is 9.47 Å². The largest absolute Gasteiger partial charge is 0.490 e. The predicted molar refractivity (Wildman–Crippen MR) is 76.9 cm³/mol. The number of carbonyl (C=O) groups excluding carboxylic acids is 1. The fourth-order valence-corrected chi connectivity index (χ4v) is 1.99. The first kappa shape index (κ1) is 14.5. The van der Waals surface area contributed by atoms with E-state index in [1.54, 1.807) is 30.3 Å². The van der Waals surface area contributed by atoms with Crippen LogP contribution < -0.4 is 9.47 Å². The summed E-state index contributed by atoms with van der Waals surface area (Å²) in [6.45, 7) is 0.525. The Morgan fingerprint density at radius 1 is 1.10 bits per heavy atom. The highest BCUT2D eigenvalue weighted by Gasteiger charge is 2.04. The van der Waals surface area contributed by atoms with Crippen molar-refractivity contribution in [2.45, 2.75) is 0 Å². The highest BCUT2D eigenvalue weighted by Crippen LogP contribution is 2.21. The smallest absolute Gasteiger partial charge is 0.153 e. The van der Waals surface area contributed by atoms with E-state index < -0.39 is 0 Å². The first-order valence-corrected chi connectivity index (χ1v) is 6.74. The average molecular weight is 339 g/mol. The summed E-state index contributed by atoms with van der Waals surface area (Å²) in [5.74, 6) is 0.589. The Kier molecular flexibility index (Phi) is 5.12. The number of halogens is 2. The van der Waals surface area contributed by atoms with Crippen molar-refractivity contribution in [3.63, 3.8) is 0 Å². The second-order valence-electron chi connectivity index (χ2n) is 3.95. The Morgan fingerprint density at radius 3 is 2.65 bits per heavy atom. The molecule has 20 heavy (non-hydrogen) atoms. The van der Waals surface area contributed by atoms with Crippen molar-refractivity contribution >= 4 is 22.2 Å². The molecule has 0 fully saturated rings. The van der Waals surface area contributed by atoms with Crippen LogP contribution in [0.2, 0.25) is 0 Å². The van der Waals surface area contributed by atoms with E-state index in [0.29, 0.717) is 17.1 Å². The molecule has 2 aromatic rings.